The highest BCUT2D eigenvalue weighted by molar-refractivity contribution is 7.92. The van der Waals surface area contributed by atoms with Crippen LogP contribution in [0.15, 0.2) is 47.3 Å². The fourth-order valence-electron chi connectivity index (χ4n) is 9.50. The number of ether oxygens (including phenoxy) is 1. The molecule has 0 bridgehead atoms. The molecule has 5 heterocycles. The number of nitrogens with two attached hydrogens (primary N) is 1. The number of pyridine rings is 1. The van der Waals surface area contributed by atoms with Crippen molar-refractivity contribution >= 4 is 61.1 Å². The first-order valence-electron chi connectivity index (χ1n) is 20.4. The van der Waals surface area contributed by atoms with Crippen molar-refractivity contribution in [3.05, 3.63) is 97.8 Å². The van der Waals surface area contributed by atoms with E-state index in [1.807, 2.05) is 4.72 Å². The number of anilines is 2. The highest BCUT2D eigenvalue weighted by Crippen LogP contribution is 2.68. The molecule has 356 valence electrons. The van der Waals surface area contributed by atoms with E-state index in [-0.39, 0.29) is 45.1 Å². The number of nitrogens with one attached hydrogen (secondary N) is 1. The van der Waals surface area contributed by atoms with Gasteiger partial charge in [-0.25, -0.2) is 40.6 Å². The van der Waals surface area contributed by atoms with Crippen molar-refractivity contribution < 1.29 is 57.5 Å². The van der Waals surface area contributed by atoms with Crippen molar-refractivity contribution in [2.45, 2.75) is 81.8 Å². The number of carbonyl (C=O) groups excluding carboxylic acids is 1. The van der Waals surface area contributed by atoms with Gasteiger partial charge in [-0.3, -0.25) is 23.6 Å². The smallest absolute Gasteiger partial charge is 0.372 e. The van der Waals surface area contributed by atoms with Crippen molar-refractivity contribution in [2.75, 3.05) is 29.0 Å². The van der Waals surface area contributed by atoms with Crippen LogP contribution in [0.3, 0.4) is 0 Å². The quantitative estimate of drug-likeness (QED) is 0.121. The van der Waals surface area contributed by atoms with Crippen molar-refractivity contribution in [1.29, 1.82) is 0 Å². The van der Waals surface area contributed by atoms with Crippen LogP contribution in [0, 0.1) is 17.6 Å². The van der Waals surface area contributed by atoms with Gasteiger partial charge in [-0.05, 0) is 74.6 Å². The van der Waals surface area contributed by atoms with Gasteiger partial charge in [0.1, 0.15) is 47.3 Å². The minimum absolute atomic E-state index is 0.187. The van der Waals surface area contributed by atoms with Gasteiger partial charge in [0.15, 0.2) is 11.5 Å². The largest absolute Gasteiger partial charge is 0.408 e. The third-order valence-corrected chi connectivity index (χ3v) is 12.8. The molecule has 1 saturated carbocycles. The summed E-state index contributed by atoms with van der Waals surface area (Å²) in [6, 6.07) is 4.55. The Labute approximate surface area is 377 Å². The number of sulfonamides is 1. The minimum Gasteiger partial charge on any atom is -0.372 e. The summed E-state index contributed by atoms with van der Waals surface area (Å²) in [5, 5.41) is 6.54. The fraction of sp³-hybridized carbons (Fsp3) is 0.415. The van der Waals surface area contributed by atoms with E-state index < -0.39 is 139 Å². The number of hydrogen-bond acceptors (Lipinski definition) is 10. The molecule has 2 fully saturated rings. The zero-order valence-electron chi connectivity index (χ0n) is 35.0. The second kappa shape index (κ2) is 16.1. The standard InChI is InChI=1S/C41H36ClF9N10O5S/c1-16-13-58(14-17(2)66-16)27-7-4-21-36(53-27)54-38(60(39(21)63)26-6-5-25(42)29-32(26)59(15-40(47,48)49)56-37(29)57-67(3,64)65)23(10-18-8-19(43)11-20(44)9-18)31(35(52)62)61-33-28(30(55-61)34(45)46)22-12-24(22)41(33,50)51/h4-9,11,16-17,22-24,31,34H,10,12-15H2,1-3H3,(H2,52,62)(H,56,57)/t16-,17+,22-,23-,24+,31?/m0/s1. The van der Waals surface area contributed by atoms with Crippen molar-refractivity contribution in [3.8, 4) is 5.69 Å². The molecule has 15 nitrogen and oxygen atoms in total. The van der Waals surface area contributed by atoms with Gasteiger partial charge in [0.05, 0.1) is 51.4 Å². The Bertz CT molecular complexity index is 3170. The molecule has 4 aromatic heterocycles. The van der Waals surface area contributed by atoms with E-state index in [0.717, 1.165) is 24.3 Å². The first kappa shape index (κ1) is 46.2. The van der Waals surface area contributed by atoms with E-state index in [0.29, 0.717) is 34.7 Å². The zero-order valence-corrected chi connectivity index (χ0v) is 36.6. The number of aromatic nitrogens is 7. The Balaban J connectivity index is 1.40. The summed E-state index contributed by atoms with van der Waals surface area (Å²) in [7, 11) is -4.29. The average Bonchev–Trinajstić information content (AvgIpc) is 3.72. The molecule has 3 aliphatic rings. The Kier molecular flexibility index (Phi) is 11.1. The lowest BCUT2D eigenvalue weighted by Crippen LogP contribution is -2.45. The monoisotopic (exact) mass is 986 g/mol. The third kappa shape index (κ3) is 8.31. The molecule has 67 heavy (non-hydrogen) atoms. The number of halogens is 10. The van der Waals surface area contributed by atoms with Crippen LogP contribution in [0.1, 0.15) is 72.9 Å². The van der Waals surface area contributed by atoms with E-state index in [2.05, 4.69) is 15.2 Å². The molecular formula is C41H36ClF9N10O5S. The molecule has 3 N–H and O–H groups in total. The van der Waals surface area contributed by atoms with E-state index >= 15 is 22.4 Å². The number of amides is 1. The molecule has 26 heteroatoms. The van der Waals surface area contributed by atoms with Gasteiger partial charge in [0, 0.05) is 30.6 Å². The lowest BCUT2D eigenvalue weighted by molar-refractivity contribution is -0.141. The van der Waals surface area contributed by atoms with Crippen LogP contribution >= 0.6 is 11.6 Å². The molecule has 0 radical (unpaired) electrons. The summed E-state index contributed by atoms with van der Waals surface area (Å²) in [4.78, 5) is 40.5. The predicted molar refractivity (Wildman–Crippen MR) is 223 cm³/mol. The van der Waals surface area contributed by atoms with Gasteiger partial charge in [-0.15, -0.1) is 0 Å². The number of benzene rings is 2. The highest BCUT2D eigenvalue weighted by atomic mass is 35.5. The predicted octanol–water partition coefficient (Wildman–Crippen LogP) is 7.01. The van der Waals surface area contributed by atoms with Gasteiger partial charge < -0.3 is 15.4 Å². The second-order valence-corrected chi connectivity index (χ2v) is 19.2. The molecule has 1 saturated heterocycles. The maximum absolute atomic E-state index is 16.3. The van der Waals surface area contributed by atoms with E-state index in [4.69, 9.17) is 27.1 Å². The van der Waals surface area contributed by atoms with Crippen LogP contribution in [0.5, 0.6) is 0 Å². The normalized spacial score (nSPS) is 21.2. The third-order valence-electron chi connectivity index (χ3n) is 11.9. The summed E-state index contributed by atoms with van der Waals surface area (Å²) in [5.74, 6) is -13.5. The maximum Gasteiger partial charge on any atom is 0.408 e. The number of hydrogen-bond donors (Lipinski definition) is 2. The van der Waals surface area contributed by atoms with Gasteiger partial charge in [-0.2, -0.15) is 32.1 Å². The van der Waals surface area contributed by atoms with E-state index in [1.54, 1.807) is 18.7 Å². The molecule has 6 atom stereocenters. The number of rotatable bonds is 12. The van der Waals surface area contributed by atoms with Crippen molar-refractivity contribution in [2.24, 2.45) is 11.7 Å². The molecule has 2 aliphatic carbocycles. The van der Waals surface area contributed by atoms with Crippen LogP contribution < -0.4 is 20.9 Å². The summed E-state index contributed by atoms with van der Waals surface area (Å²) >= 11 is 6.54. The first-order chi connectivity index (χ1) is 31.3. The minimum atomic E-state index is -5.07. The van der Waals surface area contributed by atoms with E-state index in [9.17, 15) is 35.2 Å². The average molecular weight is 987 g/mol. The lowest BCUT2D eigenvalue weighted by Gasteiger charge is -2.36. The Morgan fingerprint density at radius 3 is 2.31 bits per heavy atom. The number of primary amides is 1. The van der Waals surface area contributed by atoms with Gasteiger partial charge in [0.2, 0.25) is 15.9 Å². The summed E-state index contributed by atoms with van der Waals surface area (Å²) in [6.45, 7) is 2.28. The second-order valence-electron chi connectivity index (χ2n) is 17.0. The van der Waals surface area contributed by atoms with Crippen molar-refractivity contribution in [1.82, 2.24) is 34.1 Å². The van der Waals surface area contributed by atoms with Gasteiger partial charge in [0.25, 0.3) is 17.9 Å². The molecule has 0 spiro atoms. The number of alkyl halides is 7. The molecule has 1 amide bonds. The zero-order chi connectivity index (χ0) is 48.4. The molecule has 1 unspecified atom stereocenters. The van der Waals surface area contributed by atoms with Crippen LogP contribution in [0.2, 0.25) is 5.02 Å². The molecule has 2 aromatic carbocycles. The number of nitrogens with zero attached hydrogens (tertiary/aromatic N) is 8. The number of fused-ring (bicyclic) bond motifs is 5. The highest BCUT2D eigenvalue weighted by Gasteiger charge is 2.68. The SMILES string of the molecule is C[C@@H]1CN(c2ccc3c(=O)n(-c4ccc(Cl)c5c(NS(C)(=O)=O)nn(CC(F)(F)F)c45)c([C@@H](Cc4cc(F)cc(F)c4)C(C(N)=O)n4nc(C(F)F)c5c4C(F)(F)[C@@H]4C[C@H]54)nc3n2)C[C@H](C)O1. The Hall–Kier alpha value is -5.95. The van der Waals surface area contributed by atoms with Crippen LogP contribution in [0.4, 0.5) is 51.1 Å². The summed E-state index contributed by atoms with van der Waals surface area (Å²) in [5.41, 5.74) is 0.241. The molecule has 1 aliphatic heterocycles. The lowest BCUT2D eigenvalue weighted by atomic mass is 9.89. The van der Waals surface area contributed by atoms with Crippen LogP contribution in [0.25, 0.3) is 27.6 Å². The fourth-order valence-corrected chi connectivity index (χ4v) is 10.2. The Morgan fingerprint density at radius 2 is 1.70 bits per heavy atom. The van der Waals surface area contributed by atoms with Gasteiger partial charge in [-0.1, -0.05) is 11.6 Å². The van der Waals surface area contributed by atoms with Gasteiger partial charge >= 0.3 is 6.18 Å². The summed E-state index contributed by atoms with van der Waals surface area (Å²) in [6.07, 6.45) is -9.50. The topological polar surface area (TPSA) is 185 Å². The van der Waals surface area contributed by atoms with E-state index in [1.165, 1.54) is 12.1 Å². The van der Waals surface area contributed by atoms with Crippen molar-refractivity contribution in [3.63, 3.8) is 0 Å². The Morgan fingerprint density at radius 1 is 1.03 bits per heavy atom. The number of morpholine rings is 1. The summed E-state index contributed by atoms with van der Waals surface area (Å²) < 4.78 is 169. The maximum atomic E-state index is 16.3. The first-order valence-corrected chi connectivity index (χ1v) is 22.7. The molecular weight excluding hydrogens is 951 g/mol. The van der Waals surface area contributed by atoms with Crippen LogP contribution in [-0.2, 0) is 38.4 Å². The number of carbonyl (C=O) groups is 1. The van der Waals surface area contributed by atoms with Crippen LogP contribution in [-0.4, -0.2) is 86.2 Å². The molecule has 6 aromatic rings. The molecule has 9 rings (SSSR count).